The molecule has 148 valence electrons. The Morgan fingerprint density at radius 2 is 1.71 bits per heavy atom. The summed E-state index contributed by atoms with van der Waals surface area (Å²) in [6, 6.07) is 8.82. The van der Waals surface area contributed by atoms with Gasteiger partial charge in [0.25, 0.3) is 11.8 Å². The van der Waals surface area contributed by atoms with Gasteiger partial charge in [0, 0.05) is 18.8 Å². The van der Waals surface area contributed by atoms with Crippen molar-refractivity contribution >= 4 is 17.5 Å². The average Bonchev–Trinajstić information content (AvgIpc) is 2.67. The van der Waals surface area contributed by atoms with Crippen molar-refractivity contribution in [2.24, 2.45) is 5.92 Å². The molecule has 0 saturated carbocycles. The molecule has 5 nitrogen and oxygen atoms in total. The van der Waals surface area contributed by atoms with Crippen LogP contribution in [0, 0.1) is 5.92 Å². The van der Waals surface area contributed by atoms with E-state index >= 15 is 0 Å². The lowest BCUT2D eigenvalue weighted by atomic mass is 9.99. The number of nitrogens with zero attached hydrogens (tertiary/aromatic N) is 2. The van der Waals surface area contributed by atoms with Crippen molar-refractivity contribution in [1.29, 1.82) is 0 Å². The summed E-state index contributed by atoms with van der Waals surface area (Å²) in [5.41, 5.74) is -0.746. The molecule has 0 unspecified atom stereocenters. The molecule has 0 radical (unpaired) electrons. The van der Waals surface area contributed by atoms with Crippen molar-refractivity contribution in [3.05, 3.63) is 59.4 Å². The van der Waals surface area contributed by atoms with Crippen LogP contribution in [0.5, 0.6) is 0 Å². The molecule has 8 heteroatoms. The summed E-state index contributed by atoms with van der Waals surface area (Å²) >= 11 is 0. The molecule has 2 aromatic rings. The van der Waals surface area contributed by atoms with E-state index < -0.39 is 17.6 Å². The summed E-state index contributed by atoms with van der Waals surface area (Å²) in [5, 5.41) is 2.40. The van der Waals surface area contributed by atoms with E-state index in [1.165, 1.54) is 30.3 Å². The summed E-state index contributed by atoms with van der Waals surface area (Å²) in [6.45, 7) is 3.42. The van der Waals surface area contributed by atoms with Crippen LogP contribution in [0.2, 0.25) is 0 Å². The molecule has 1 aliphatic heterocycles. The molecule has 0 aliphatic carbocycles. The lowest BCUT2D eigenvalue weighted by Crippen LogP contribution is -2.38. The number of hydrogen-bond donors (Lipinski definition) is 1. The van der Waals surface area contributed by atoms with Gasteiger partial charge in [0.2, 0.25) is 0 Å². The molecular weight excluding hydrogens is 371 g/mol. The number of alkyl halides is 3. The van der Waals surface area contributed by atoms with Gasteiger partial charge in [-0.15, -0.1) is 0 Å². The number of piperidine rings is 1. The van der Waals surface area contributed by atoms with E-state index in [-0.39, 0.29) is 23.0 Å². The number of nitrogens with one attached hydrogen (secondary N) is 1. The maximum atomic E-state index is 12.8. The van der Waals surface area contributed by atoms with Crippen molar-refractivity contribution in [1.82, 2.24) is 9.88 Å². The Labute approximate surface area is 160 Å². The second-order valence-electron chi connectivity index (χ2n) is 6.92. The molecule has 2 heterocycles. The predicted octanol–water partition coefficient (Wildman–Crippen LogP) is 4.22. The quantitative estimate of drug-likeness (QED) is 0.852. The van der Waals surface area contributed by atoms with E-state index in [1.807, 2.05) is 0 Å². The highest BCUT2D eigenvalue weighted by molar-refractivity contribution is 6.03. The first kappa shape index (κ1) is 19.9. The van der Waals surface area contributed by atoms with Crippen molar-refractivity contribution in [2.75, 3.05) is 18.4 Å². The van der Waals surface area contributed by atoms with Gasteiger partial charge >= 0.3 is 6.18 Å². The summed E-state index contributed by atoms with van der Waals surface area (Å²) in [5.74, 6) is -0.358. The fourth-order valence-electron chi connectivity index (χ4n) is 3.02. The van der Waals surface area contributed by atoms with Gasteiger partial charge in [0.1, 0.15) is 11.4 Å². The topological polar surface area (TPSA) is 62.3 Å². The molecule has 0 bridgehead atoms. The second kappa shape index (κ2) is 8.00. The van der Waals surface area contributed by atoms with Crippen molar-refractivity contribution < 1.29 is 22.8 Å². The average molecular weight is 391 g/mol. The van der Waals surface area contributed by atoms with Crippen LogP contribution in [-0.2, 0) is 6.18 Å². The molecular formula is C20H20F3N3O2. The van der Waals surface area contributed by atoms with Crippen LogP contribution in [0.4, 0.5) is 18.9 Å². The number of carbonyl (C=O) groups is 2. The molecule has 2 amide bonds. The van der Waals surface area contributed by atoms with Gasteiger partial charge in [0.05, 0.1) is 5.56 Å². The fraction of sp³-hybridized carbons (Fsp3) is 0.350. The molecule has 1 fully saturated rings. The van der Waals surface area contributed by atoms with Crippen LogP contribution in [0.3, 0.4) is 0 Å². The van der Waals surface area contributed by atoms with E-state index in [2.05, 4.69) is 17.2 Å². The Bertz CT molecular complexity index is 875. The van der Waals surface area contributed by atoms with E-state index in [0.29, 0.717) is 19.0 Å². The van der Waals surface area contributed by atoms with Crippen molar-refractivity contribution in [2.45, 2.75) is 25.9 Å². The number of rotatable bonds is 3. The van der Waals surface area contributed by atoms with Crippen LogP contribution in [-0.4, -0.2) is 34.8 Å². The number of likely N-dealkylation sites (tertiary alicyclic amines) is 1. The van der Waals surface area contributed by atoms with Gasteiger partial charge in [-0.2, -0.15) is 13.2 Å². The molecule has 0 atom stereocenters. The highest BCUT2D eigenvalue weighted by Crippen LogP contribution is 2.30. The Morgan fingerprint density at radius 1 is 1.07 bits per heavy atom. The second-order valence-corrected chi connectivity index (χ2v) is 6.92. The van der Waals surface area contributed by atoms with E-state index in [1.54, 1.807) is 4.90 Å². The Balaban J connectivity index is 1.73. The highest BCUT2D eigenvalue weighted by atomic mass is 19.4. The van der Waals surface area contributed by atoms with E-state index in [9.17, 15) is 22.8 Å². The monoisotopic (exact) mass is 391 g/mol. The first-order valence-electron chi connectivity index (χ1n) is 8.99. The van der Waals surface area contributed by atoms with Gasteiger partial charge in [0.15, 0.2) is 0 Å². The first-order chi connectivity index (χ1) is 13.2. The number of hydrogen-bond acceptors (Lipinski definition) is 3. The highest BCUT2D eigenvalue weighted by Gasteiger charge is 2.30. The SMILES string of the molecule is CC1CCN(C(=O)c2cccc(C(=O)Nc3cccc(C(F)(F)F)c3)n2)CC1. The molecule has 1 N–H and O–H groups in total. The standard InChI is InChI=1S/C20H20F3N3O2/c1-13-8-10-26(11-9-13)19(28)17-7-3-6-16(25-17)18(27)24-15-5-2-4-14(12-15)20(21,22)23/h2-7,12-13H,8-11H2,1H3,(H,24,27). The minimum absolute atomic E-state index is 0.00312. The van der Waals surface area contributed by atoms with Crippen molar-refractivity contribution in [3.8, 4) is 0 Å². The van der Waals surface area contributed by atoms with Crippen molar-refractivity contribution in [3.63, 3.8) is 0 Å². The summed E-state index contributed by atoms with van der Waals surface area (Å²) in [7, 11) is 0. The van der Waals surface area contributed by atoms with Gasteiger partial charge in [-0.05, 0) is 49.1 Å². The summed E-state index contributed by atoms with van der Waals surface area (Å²) < 4.78 is 38.4. The number of anilines is 1. The number of carbonyl (C=O) groups excluding carboxylic acids is 2. The fourth-order valence-corrected chi connectivity index (χ4v) is 3.02. The van der Waals surface area contributed by atoms with E-state index in [0.717, 1.165) is 25.0 Å². The molecule has 1 saturated heterocycles. The van der Waals surface area contributed by atoms with Gasteiger partial charge < -0.3 is 10.2 Å². The van der Waals surface area contributed by atoms with Crippen LogP contribution in [0.15, 0.2) is 42.5 Å². The zero-order valence-electron chi connectivity index (χ0n) is 15.3. The zero-order valence-corrected chi connectivity index (χ0v) is 15.3. The first-order valence-corrected chi connectivity index (χ1v) is 8.99. The molecule has 28 heavy (non-hydrogen) atoms. The smallest absolute Gasteiger partial charge is 0.337 e. The minimum atomic E-state index is -4.50. The molecule has 0 spiro atoms. The zero-order chi connectivity index (χ0) is 20.3. The molecule has 1 aromatic heterocycles. The van der Waals surface area contributed by atoms with Gasteiger partial charge in [-0.25, -0.2) is 4.98 Å². The number of amides is 2. The maximum Gasteiger partial charge on any atom is 0.416 e. The Morgan fingerprint density at radius 3 is 2.39 bits per heavy atom. The third-order valence-corrected chi connectivity index (χ3v) is 4.72. The largest absolute Gasteiger partial charge is 0.416 e. The minimum Gasteiger partial charge on any atom is -0.337 e. The third kappa shape index (κ3) is 4.68. The van der Waals surface area contributed by atoms with Crippen LogP contribution >= 0.6 is 0 Å². The summed E-state index contributed by atoms with van der Waals surface area (Å²) in [4.78, 5) is 30.8. The predicted molar refractivity (Wildman–Crippen MR) is 97.9 cm³/mol. The molecule has 1 aromatic carbocycles. The Hall–Kier alpha value is -2.90. The Kier molecular flexibility index (Phi) is 5.67. The maximum absolute atomic E-state index is 12.8. The van der Waals surface area contributed by atoms with Crippen LogP contribution in [0.25, 0.3) is 0 Å². The normalized spacial score (nSPS) is 15.4. The number of halogens is 3. The summed E-state index contributed by atoms with van der Waals surface area (Å²) in [6.07, 6.45) is -2.67. The molecule has 1 aliphatic rings. The van der Waals surface area contributed by atoms with Crippen LogP contribution < -0.4 is 5.32 Å². The lowest BCUT2D eigenvalue weighted by molar-refractivity contribution is -0.137. The number of aromatic nitrogens is 1. The lowest BCUT2D eigenvalue weighted by Gasteiger charge is -2.30. The number of benzene rings is 1. The van der Waals surface area contributed by atoms with Gasteiger partial charge in [-0.3, -0.25) is 9.59 Å². The molecule has 3 rings (SSSR count). The number of pyridine rings is 1. The third-order valence-electron chi connectivity index (χ3n) is 4.72. The van der Waals surface area contributed by atoms with Gasteiger partial charge in [-0.1, -0.05) is 19.1 Å². The van der Waals surface area contributed by atoms with E-state index in [4.69, 9.17) is 0 Å². The van der Waals surface area contributed by atoms with Crippen LogP contribution in [0.1, 0.15) is 46.3 Å².